The van der Waals surface area contributed by atoms with E-state index in [2.05, 4.69) is 231 Å². The third-order valence-corrected chi connectivity index (χ3v) is 10.3. The standard InChI is InChI=1S/C54H38/c1-5-17-41(18-6-1)53(42-19-7-2-8-20-42)37-49-35-47(33-45-25-13-15-27-51(45)49)39-29-31-40(32-30-39)48-34-46-26-14-16-28-52(46)50(36-48)38-54(43-21-9-3-10-22-43)44-23-11-4-12-24-44/h1-38H. The van der Waals surface area contributed by atoms with Gasteiger partial charge in [0.1, 0.15) is 0 Å². The van der Waals surface area contributed by atoms with Crippen molar-refractivity contribution in [3.63, 3.8) is 0 Å². The second-order valence-electron chi connectivity index (χ2n) is 13.7. The Hall–Kier alpha value is -7.02. The molecule has 0 bridgehead atoms. The van der Waals surface area contributed by atoms with Crippen molar-refractivity contribution in [1.82, 2.24) is 0 Å². The lowest BCUT2D eigenvalue weighted by atomic mass is 9.90. The topological polar surface area (TPSA) is 0 Å². The van der Waals surface area contributed by atoms with Crippen molar-refractivity contribution in [1.29, 1.82) is 0 Å². The Morgan fingerprint density at radius 1 is 0.259 bits per heavy atom. The molecule has 0 radical (unpaired) electrons. The van der Waals surface area contributed by atoms with Crippen LogP contribution in [0.25, 0.3) is 67.1 Å². The van der Waals surface area contributed by atoms with Crippen LogP contribution in [0.1, 0.15) is 33.4 Å². The number of hydrogen-bond donors (Lipinski definition) is 0. The zero-order chi connectivity index (χ0) is 36.1. The van der Waals surface area contributed by atoms with E-state index in [0.29, 0.717) is 0 Å². The number of hydrogen-bond acceptors (Lipinski definition) is 0. The molecular formula is C54H38. The van der Waals surface area contributed by atoms with E-state index in [4.69, 9.17) is 0 Å². The first-order chi connectivity index (χ1) is 26.8. The number of benzene rings is 9. The van der Waals surface area contributed by atoms with Crippen LogP contribution < -0.4 is 0 Å². The van der Waals surface area contributed by atoms with Gasteiger partial charge in [-0.25, -0.2) is 0 Å². The van der Waals surface area contributed by atoms with E-state index in [-0.39, 0.29) is 0 Å². The molecule has 54 heavy (non-hydrogen) atoms. The predicted molar refractivity (Wildman–Crippen MR) is 232 cm³/mol. The van der Waals surface area contributed by atoms with E-state index >= 15 is 0 Å². The summed E-state index contributed by atoms with van der Waals surface area (Å²) in [6.45, 7) is 0. The third-order valence-electron chi connectivity index (χ3n) is 10.3. The molecule has 0 saturated heterocycles. The minimum Gasteiger partial charge on any atom is -0.0622 e. The fraction of sp³-hybridized carbons (Fsp3) is 0. The molecule has 0 N–H and O–H groups in total. The molecule has 0 aromatic heterocycles. The van der Waals surface area contributed by atoms with Gasteiger partial charge in [0.25, 0.3) is 0 Å². The van der Waals surface area contributed by atoms with Gasteiger partial charge in [0, 0.05) is 0 Å². The first-order valence-electron chi connectivity index (χ1n) is 18.6. The molecule has 9 rings (SSSR count). The van der Waals surface area contributed by atoms with Crippen LogP contribution in [0.2, 0.25) is 0 Å². The molecule has 0 aliphatic carbocycles. The van der Waals surface area contributed by atoms with Gasteiger partial charge in [-0.1, -0.05) is 194 Å². The zero-order valence-corrected chi connectivity index (χ0v) is 29.9. The molecule has 0 spiro atoms. The second kappa shape index (κ2) is 14.9. The van der Waals surface area contributed by atoms with E-state index < -0.39 is 0 Å². The number of fused-ring (bicyclic) bond motifs is 2. The summed E-state index contributed by atoms with van der Waals surface area (Å²) in [6, 6.07) is 78.6. The smallest absolute Gasteiger partial charge is 0.0105 e. The maximum atomic E-state index is 2.36. The van der Waals surface area contributed by atoms with Gasteiger partial charge < -0.3 is 0 Å². The molecule has 0 fully saturated rings. The van der Waals surface area contributed by atoms with Crippen molar-refractivity contribution in [2.24, 2.45) is 0 Å². The van der Waals surface area contributed by atoms with Crippen molar-refractivity contribution >= 4 is 44.8 Å². The van der Waals surface area contributed by atoms with Crippen molar-refractivity contribution in [3.8, 4) is 22.3 Å². The summed E-state index contributed by atoms with van der Waals surface area (Å²) in [5.41, 5.74) is 14.4. The Bertz CT molecular complexity index is 2480. The first-order valence-corrected chi connectivity index (χ1v) is 18.6. The van der Waals surface area contributed by atoms with Gasteiger partial charge in [-0.15, -0.1) is 0 Å². The highest BCUT2D eigenvalue weighted by Gasteiger charge is 2.12. The molecular weight excluding hydrogens is 649 g/mol. The first kappa shape index (κ1) is 32.9. The lowest BCUT2D eigenvalue weighted by Crippen LogP contribution is -1.90. The monoisotopic (exact) mass is 686 g/mol. The van der Waals surface area contributed by atoms with Crippen LogP contribution in [0.3, 0.4) is 0 Å². The van der Waals surface area contributed by atoms with E-state index in [1.165, 1.54) is 88.3 Å². The lowest BCUT2D eigenvalue weighted by Gasteiger charge is -2.14. The molecule has 0 nitrogen and oxygen atoms in total. The van der Waals surface area contributed by atoms with Crippen molar-refractivity contribution in [2.75, 3.05) is 0 Å². The second-order valence-corrected chi connectivity index (χ2v) is 13.7. The highest BCUT2D eigenvalue weighted by molar-refractivity contribution is 6.03. The van der Waals surface area contributed by atoms with Gasteiger partial charge in [-0.3, -0.25) is 0 Å². The largest absolute Gasteiger partial charge is 0.0622 e. The molecule has 0 aliphatic heterocycles. The molecule has 254 valence electrons. The van der Waals surface area contributed by atoms with Gasteiger partial charge in [-0.05, 0) is 125 Å². The molecule has 0 heteroatoms. The third kappa shape index (κ3) is 6.82. The molecule has 9 aromatic rings. The Balaban J connectivity index is 1.14. The van der Waals surface area contributed by atoms with Gasteiger partial charge in [0.2, 0.25) is 0 Å². The Labute approximate surface area is 317 Å². The van der Waals surface area contributed by atoms with E-state index in [9.17, 15) is 0 Å². The molecule has 0 unspecified atom stereocenters. The zero-order valence-electron chi connectivity index (χ0n) is 29.9. The van der Waals surface area contributed by atoms with Crippen LogP contribution in [0.15, 0.2) is 218 Å². The molecule has 0 saturated carbocycles. The molecule has 0 atom stereocenters. The summed E-state index contributed by atoms with van der Waals surface area (Å²) in [7, 11) is 0. The highest BCUT2D eigenvalue weighted by Crippen LogP contribution is 2.36. The van der Waals surface area contributed by atoms with Crippen LogP contribution in [0.4, 0.5) is 0 Å². The molecule has 9 aromatic carbocycles. The fourth-order valence-electron chi connectivity index (χ4n) is 7.56. The average molecular weight is 687 g/mol. The summed E-state index contributed by atoms with van der Waals surface area (Å²) >= 11 is 0. The molecule has 0 aliphatic rings. The number of rotatable bonds is 8. The van der Waals surface area contributed by atoms with Crippen molar-refractivity contribution in [2.45, 2.75) is 0 Å². The Morgan fingerprint density at radius 3 is 0.889 bits per heavy atom. The maximum Gasteiger partial charge on any atom is -0.0105 e. The quantitative estimate of drug-likeness (QED) is 0.140. The summed E-state index contributed by atoms with van der Waals surface area (Å²) in [5, 5.41) is 4.93. The summed E-state index contributed by atoms with van der Waals surface area (Å²) < 4.78 is 0. The van der Waals surface area contributed by atoms with Gasteiger partial charge in [0.05, 0.1) is 0 Å². The van der Waals surface area contributed by atoms with Crippen LogP contribution in [0, 0.1) is 0 Å². The lowest BCUT2D eigenvalue weighted by molar-refractivity contribution is 1.55. The summed E-state index contributed by atoms with van der Waals surface area (Å²) in [4.78, 5) is 0. The SMILES string of the molecule is C(=C(c1ccccc1)c1ccccc1)c1cc(-c2ccc(-c3cc(C=C(c4ccccc4)c4ccccc4)c4ccccc4c3)cc2)cc2ccccc12. The van der Waals surface area contributed by atoms with Gasteiger partial charge in [-0.2, -0.15) is 0 Å². The fourth-order valence-corrected chi connectivity index (χ4v) is 7.56. The molecule has 0 amide bonds. The summed E-state index contributed by atoms with van der Waals surface area (Å²) in [5.74, 6) is 0. The normalized spacial score (nSPS) is 11.0. The highest BCUT2D eigenvalue weighted by atomic mass is 14.2. The Kier molecular flexibility index (Phi) is 9.07. The minimum absolute atomic E-state index is 1.19. The molecule has 0 heterocycles. The van der Waals surface area contributed by atoms with Crippen molar-refractivity contribution < 1.29 is 0 Å². The summed E-state index contributed by atoms with van der Waals surface area (Å²) in [6.07, 6.45) is 4.71. The van der Waals surface area contributed by atoms with Crippen LogP contribution in [-0.2, 0) is 0 Å². The van der Waals surface area contributed by atoms with Crippen molar-refractivity contribution in [3.05, 3.63) is 252 Å². The Morgan fingerprint density at radius 2 is 0.556 bits per heavy atom. The maximum absolute atomic E-state index is 2.36. The van der Waals surface area contributed by atoms with Crippen LogP contribution >= 0.6 is 0 Å². The van der Waals surface area contributed by atoms with Gasteiger partial charge >= 0.3 is 0 Å². The van der Waals surface area contributed by atoms with Gasteiger partial charge in [0.15, 0.2) is 0 Å². The average Bonchev–Trinajstić information content (AvgIpc) is 3.25. The van der Waals surface area contributed by atoms with E-state index in [1.54, 1.807) is 0 Å². The minimum atomic E-state index is 1.19. The predicted octanol–water partition coefficient (Wildman–Crippen LogP) is 14.5. The van der Waals surface area contributed by atoms with E-state index in [0.717, 1.165) is 0 Å². The van der Waals surface area contributed by atoms with E-state index in [1.807, 2.05) is 0 Å². The van der Waals surface area contributed by atoms with Crippen LogP contribution in [0.5, 0.6) is 0 Å². The van der Waals surface area contributed by atoms with Crippen LogP contribution in [-0.4, -0.2) is 0 Å².